The van der Waals surface area contributed by atoms with E-state index in [4.69, 9.17) is 0 Å². The van der Waals surface area contributed by atoms with E-state index in [-0.39, 0.29) is 10.7 Å². The summed E-state index contributed by atoms with van der Waals surface area (Å²) < 4.78 is 22.9. The molecule has 1 heterocycles. The monoisotopic (exact) mass is 219 g/mol. The van der Waals surface area contributed by atoms with Crippen LogP contribution in [0.1, 0.15) is 27.7 Å². The molecule has 84 valence electrons. The normalized spacial score (nSPS) is 24.7. The standard InChI is InChI=1S/C10H21NO2S/c1-8(2)11-6-10(4,7-11)9(3)14(5,12)13/h8-9H,6-7H2,1-5H3. The maximum atomic E-state index is 11.4. The van der Waals surface area contributed by atoms with Crippen molar-refractivity contribution in [3.05, 3.63) is 0 Å². The average molecular weight is 219 g/mol. The summed E-state index contributed by atoms with van der Waals surface area (Å²) in [6.45, 7) is 9.98. The van der Waals surface area contributed by atoms with Crippen molar-refractivity contribution in [2.75, 3.05) is 19.3 Å². The Bertz CT molecular complexity index is 302. The number of rotatable bonds is 3. The smallest absolute Gasteiger partial charge is 0.150 e. The van der Waals surface area contributed by atoms with Crippen LogP contribution < -0.4 is 0 Å². The van der Waals surface area contributed by atoms with Crippen LogP contribution in [0.4, 0.5) is 0 Å². The van der Waals surface area contributed by atoms with Gasteiger partial charge in [0.2, 0.25) is 0 Å². The molecule has 0 saturated carbocycles. The first kappa shape index (κ1) is 12.0. The Labute approximate surface area is 87.4 Å². The van der Waals surface area contributed by atoms with Gasteiger partial charge >= 0.3 is 0 Å². The molecule has 0 spiro atoms. The first-order chi connectivity index (χ1) is 6.17. The van der Waals surface area contributed by atoms with Crippen LogP contribution in [-0.4, -0.2) is 44.0 Å². The number of hydrogen-bond donors (Lipinski definition) is 0. The van der Waals surface area contributed by atoms with Crippen LogP contribution in [0.25, 0.3) is 0 Å². The van der Waals surface area contributed by atoms with Crippen molar-refractivity contribution >= 4 is 9.84 Å². The van der Waals surface area contributed by atoms with Gasteiger partial charge in [-0.05, 0) is 20.8 Å². The van der Waals surface area contributed by atoms with Crippen molar-refractivity contribution in [2.24, 2.45) is 5.41 Å². The van der Waals surface area contributed by atoms with Gasteiger partial charge in [0.25, 0.3) is 0 Å². The van der Waals surface area contributed by atoms with Gasteiger partial charge in [-0.15, -0.1) is 0 Å². The van der Waals surface area contributed by atoms with E-state index in [9.17, 15) is 8.42 Å². The van der Waals surface area contributed by atoms with Crippen LogP contribution in [0, 0.1) is 5.41 Å². The van der Waals surface area contributed by atoms with Crippen LogP contribution in [0.2, 0.25) is 0 Å². The molecule has 0 amide bonds. The summed E-state index contributed by atoms with van der Waals surface area (Å²) in [5.41, 5.74) is -0.0438. The first-order valence-electron chi connectivity index (χ1n) is 5.10. The molecule has 0 radical (unpaired) electrons. The lowest BCUT2D eigenvalue weighted by Crippen LogP contribution is -2.62. The predicted molar refractivity (Wildman–Crippen MR) is 59.1 cm³/mol. The minimum absolute atomic E-state index is 0.0438. The fourth-order valence-electron chi connectivity index (χ4n) is 2.02. The molecule has 14 heavy (non-hydrogen) atoms. The van der Waals surface area contributed by atoms with Crippen molar-refractivity contribution in [3.8, 4) is 0 Å². The summed E-state index contributed by atoms with van der Waals surface area (Å²) in [6.07, 6.45) is 1.33. The summed E-state index contributed by atoms with van der Waals surface area (Å²) in [5, 5.41) is -0.231. The molecule has 1 fully saturated rings. The number of hydrogen-bond acceptors (Lipinski definition) is 3. The Morgan fingerprint density at radius 2 is 1.64 bits per heavy atom. The van der Waals surface area contributed by atoms with E-state index in [1.165, 1.54) is 6.26 Å². The number of sulfone groups is 1. The third-order valence-corrected chi connectivity index (χ3v) is 5.34. The van der Waals surface area contributed by atoms with Gasteiger partial charge in [0.05, 0.1) is 5.25 Å². The maximum Gasteiger partial charge on any atom is 0.150 e. The molecule has 1 aliphatic heterocycles. The molecule has 3 nitrogen and oxygen atoms in total. The van der Waals surface area contributed by atoms with Crippen molar-refractivity contribution < 1.29 is 8.42 Å². The summed E-state index contributed by atoms with van der Waals surface area (Å²) in [4.78, 5) is 2.31. The fraction of sp³-hybridized carbons (Fsp3) is 1.00. The second-order valence-corrected chi connectivity index (χ2v) is 7.49. The van der Waals surface area contributed by atoms with Gasteiger partial charge in [0, 0.05) is 30.8 Å². The molecule has 0 aromatic carbocycles. The zero-order valence-corrected chi connectivity index (χ0v) is 10.6. The Kier molecular flexibility index (Phi) is 2.99. The topological polar surface area (TPSA) is 37.4 Å². The first-order valence-corrected chi connectivity index (χ1v) is 7.05. The second kappa shape index (κ2) is 3.49. The minimum Gasteiger partial charge on any atom is -0.300 e. The Morgan fingerprint density at radius 1 is 1.21 bits per heavy atom. The van der Waals surface area contributed by atoms with Crippen molar-refractivity contribution in [1.29, 1.82) is 0 Å². The van der Waals surface area contributed by atoms with Crippen LogP contribution >= 0.6 is 0 Å². The Morgan fingerprint density at radius 3 is 1.93 bits per heavy atom. The van der Waals surface area contributed by atoms with Crippen LogP contribution in [0.15, 0.2) is 0 Å². The lowest BCUT2D eigenvalue weighted by Gasteiger charge is -2.52. The van der Waals surface area contributed by atoms with Gasteiger partial charge in [-0.25, -0.2) is 8.42 Å². The highest BCUT2D eigenvalue weighted by Crippen LogP contribution is 2.37. The molecule has 1 saturated heterocycles. The van der Waals surface area contributed by atoms with Crippen molar-refractivity contribution in [3.63, 3.8) is 0 Å². The molecule has 1 atom stereocenters. The molecule has 0 aliphatic carbocycles. The zero-order chi connectivity index (χ0) is 11.1. The van der Waals surface area contributed by atoms with E-state index < -0.39 is 9.84 Å². The quantitative estimate of drug-likeness (QED) is 0.714. The van der Waals surface area contributed by atoms with Crippen LogP contribution in [0.5, 0.6) is 0 Å². The summed E-state index contributed by atoms with van der Waals surface area (Å²) in [5.74, 6) is 0. The molecule has 0 N–H and O–H groups in total. The fourth-order valence-corrected chi connectivity index (χ4v) is 3.20. The van der Waals surface area contributed by atoms with E-state index in [1.807, 2.05) is 6.92 Å². The average Bonchev–Trinajstić information content (AvgIpc) is 1.95. The predicted octanol–water partition coefficient (Wildman–Crippen LogP) is 1.15. The molecule has 0 aromatic heterocycles. The van der Waals surface area contributed by atoms with Gasteiger partial charge in [0.15, 0.2) is 9.84 Å². The highest BCUT2D eigenvalue weighted by molar-refractivity contribution is 7.91. The molecular weight excluding hydrogens is 198 g/mol. The van der Waals surface area contributed by atoms with Gasteiger partial charge in [-0.3, -0.25) is 4.90 Å². The highest BCUT2D eigenvalue weighted by Gasteiger charge is 2.47. The molecule has 0 bridgehead atoms. The van der Waals surface area contributed by atoms with E-state index in [0.29, 0.717) is 6.04 Å². The van der Waals surface area contributed by atoms with Gasteiger partial charge in [0.1, 0.15) is 0 Å². The molecule has 1 unspecified atom stereocenters. The third-order valence-electron chi connectivity index (χ3n) is 3.48. The third kappa shape index (κ3) is 2.11. The lowest BCUT2D eigenvalue weighted by molar-refractivity contribution is -0.00800. The number of nitrogens with zero attached hydrogens (tertiary/aromatic N) is 1. The largest absolute Gasteiger partial charge is 0.300 e. The lowest BCUT2D eigenvalue weighted by atomic mass is 9.78. The Hall–Kier alpha value is -0.0900. The molecule has 0 aromatic rings. The zero-order valence-electron chi connectivity index (χ0n) is 9.74. The summed E-state index contributed by atoms with van der Waals surface area (Å²) >= 11 is 0. The highest BCUT2D eigenvalue weighted by atomic mass is 32.2. The van der Waals surface area contributed by atoms with Crippen molar-refractivity contribution in [2.45, 2.75) is 39.0 Å². The van der Waals surface area contributed by atoms with Gasteiger partial charge < -0.3 is 0 Å². The van der Waals surface area contributed by atoms with Gasteiger partial charge in [-0.1, -0.05) is 6.92 Å². The summed E-state index contributed by atoms with van der Waals surface area (Å²) in [7, 11) is -2.90. The molecule has 4 heteroatoms. The Balaban J connectivity index is 2.65. The summed E-state index contributed by atoms with van der Waals surface area (Å²) in [6, 6.07) is 0.523. The molecule has 1 rings (SSSR count). The van der Waals surface area contributed by atoms with Crippen molar-refractivity contribution in [1.82, 2.24) is 4.90 Å². The maximum absolute atomic E-state index is 11.4. The molecule has 1 aliphatic rings. The van der Waals surface area contributed by atoms with E-state index in [2.05, 4.69) is 25.7 Å². The SMILES string of the molecule is CC(C)N1CC(C)(C(C)S(C)(=O)=O)C1. The van der Waals surface area contributed by atoms with E-state index in [1.54, 1.807) is 0 Å². The van der Waals surface area contributed by atoms with E-state index >= 15 is 0 Å². The van der Waals surface area contributed by atoms with Crippen LogP contribution in [0.3, 0.4) is 0 Å². The van der Waals surface area contributed by atoms with E-state index in [0.717, 1.165) is 13.1 Å². The number of likely N-dealkylation sites (tertiary alicyclic amines) is 1. The van der Waals surface area contributed by atoms with Crippen LogP contribution in [-0.2, 0) is 9.84 Å². The molecular formula is C10H21NO2S. The second-order valence-electron chi connectivity index (χ2n) is 5.12. The van der Waals surface area contributed by atoms with Gasteiger partial charge in [-0.2, -0.15) is 0 Å². The minimum atomic E-state index is -2.90.